The van der Waals surface area contributed by atoms with Crippen molar-refractivity contribution in [1.29, 1.82) is 0 Å². The molecule has 0 fully saturated rings. The van der Waals surface area contributed by atoms with Gasteiger partial charge in [0.25, 0.3) is 0 Å². The van der Waals surface area contributed by atoms with E-state index in [2.05, 4.69) is 4.72 Å². The van der Waals surface area contributed by atoms with Crippen molar-refractivity contribution in [3.8, 4) is 11.5 Å². The lowest BCUT2D eigenvalue weighted by molar-refractivity contribution is 0.311. The summed E-state index contributed by atoms with van der Waals surface area (Å²) in [6, 6.07) is 4.91. The number of sulfonamides is 1. The zero-order valence-corrected chi connectivity index (χ0v) is 11.0. The lowest BCUT2D eigenvalue weighted by atomic mass is 10.3. The number of hydrogen-bond donors (Lipinski definition) is 1. The predicted molar refractivity (Wildman–Crippen MR) is 67.2 cm³/mol. The average Bonchev–Trinajstić information content (AvgIpc) is 2.29. The van der Waals surface area contributed by atoms with Gasteiger partial charge in [-0.1, -0.05) is 0 Å². The summed E-state index contributed by atoms with van der Waals surface area (Å²) in [5.74, 6) is 1.13. The van der Waals surface area contributed by atoms with E-state index >= 15 is 0 Å². The number of benzene rings is 1. The summed E-state index contributed by atoms with van der Waals surface area (Å²) in [5, 5.41) is 0. The number of methoxy groups -OCH3 is 1. The maximum absolute atomic E-state index is 11.4. The molecule has 0 aliphatic heterocycles. The maximum atomic E-state index is 11.4. The van der Waals surface area contributed by atoms with Gasteiger partial charge in [0.05, 0.1) is 25.2 Å². The van der Waals surface area contributed by atoms with Crippen LogP contribution in [0, 0.1) is 0 Å². The van der Waals surface area contributed by atoms with Gasteiger partial charge in [-0.15, -0.1) is 0 Å². The van der Waals surface area contributed by atoms with Crippen molar-refractivity contribution in [2.45, 2.75) is 13.8 Å². The highest BCUT2D eigenvalue weighted by molar-refractivity contribution is 7.92. The third-order valence-corrected chi connectivity index (χ3v) is 3.42. The summed E-state index contributed by atoms with van der Waals surface area (Å²) in [6.07, 6.45) is 0. The summed E-state index contributed by atoms with van der Waals surface area (Å²) in [4.78, 5) is 0. The first-order valence-electron chi connectivity index (χ1n) is 5.33. The summed E-state index contributed by atoms with van der Waals surface area (Å²) in [6.45, 7) is 3.91. The quantitative estimate of drug-likeness (QED) is 0.846. The van der Waals surface area contributed by atoms with Crippen LogP contribution in [0.1, 0.15) is 13.8 Å². The molecule has 1 N–H and O–H groups in total. The third-order valence-electron chi connectivity index (χ3n) is 2.12. The lowest BCUT2D eigenvalue weighted by Crippen LogP contribution is -2.14. The van der Waals surface area contributed by atoms with Crippen molar-refractivity contribution in [2.24, 2.45) is 0 Å². The van der Waals surface area contributed by atoms with Crippen molar-refractivity contribution in [2.75, 3.05) is 24.2 Å². The van der Waals surface area contributed by atoms with E-state index in [0.717, 1.165) is 0 Å². The highest BCUT2D eigenvalue weighted by Crippen LogP contribution is 2.30. The van der Waals surface area contributed by atoms with E-state index < -0.39 is 10.0 Å². The number of anilines is 1. The number of ether oxygens (including phenoxy) is 2. The van der Waals surface area contributed by atoms with E-state index in [4.69, 9.17) is 9.47 Å². The minimum absolute atomic E-state index is 0.0308. The molecule has 0 aromatic heterocycles. The number of nitrogens with one attached hydrogen (secondary N) is 1. The Morgan fingerprint density at radius 3 is 2.47 bits per heavy atom. The SMILES string of the molecule is CCOc1cc(NS(=O)(=O)CC)ccc1OC. The van der Waals surface area contributed by atoms with Crippen molar-refractivity contribution in [3.05, 3.63) is 18.2 Å². The standard InChI is InChI=1S/C11H17NO4S/c1-4-16-11-8-9(6-7-10(11)15-3)12-17(13,14)5-2/h6-8,12H,4-5H2,1-3H3. The molecule has 1 aromatic carbocycles. The Balaban J connectivity index is 3.00. The van der Waals surface area contributed by atoms with Crippen LogP contribution in [0.3, 0.4) is 0 Å². The molecule has 0 saturated heterocycles. The summed E-state index contributed by atoms with van der Waals surface area (Å²) in [7, 11) is -1.73. The average molecular weight is 259 g/mol. The van der Waals surface area contributed by atoms with Crippen LogP contribution in [0.2, 0.25) is 0 Å². The monoisotopic (exact) mass is 259 g/mol. The summed E-state index contributed by atoms with van der Waals surface area (Å²) < 4.78 is 35.7. The lowest BCUT2D eigenvalue weighted by Gasteiger charge is -2.12. The van der Waals surface area contributed by atoms with E-state index in [0.29, 0.717) is 23.8 Å². The van der Waals surface area contributed by atoms with Gasteiger partial charge in [0.1, 0.15) is 0 Å². The van der Waals surface area contributed by atoms with Crippen molar-refractivity contribution < 1.29 is 17.9 Å². The Morgan fingerprint density at radius 2 is 1.94 bits per heavy atom. The molecule has 96 valence electrons. The normalized spacial score (nSPS) is 11.0. The van der Waals surface area contributed by atoms with Gasteiger partial charge in [-0.2, -0.15) is 0 Å². The second kappa shape index (κ2) is 5.77. The Bertz CT molecular complexity index is 470. The molecule has 1 aromatic rings. The van der Waals surface area contributed by atoms with E-state index in [1.165, 1.54) is 7.11 Å². The fraction of sp³-hybridized carbons (Fsp3) is 0.455. The van der Waals surface area contributed by atoms with Gasteiger partial charge in [-0.05, 0) is 26.0 Å². The molecule has 1 rings (SSSR count). The van der Waals surface area contributed by atoms with E-state index in [1.54, 1.807) is 25.1 Å². The van der Waals surface area contributed by atoms with Crippen molar-refractivity contribution in [3.63, 3.8) is 0 Å². The van der Waals surface area contributed by atoms with Gasteiger partial charge >= 0.3 is 0 Å². The van der Waals surface area contributed by atoms with Gasteiger partial charge in [0, 0.05) is 6.07 Å². The first kappa shape index (κ1) is 13.6. The van der Waals surface area contributed by atoms with Crippen LogP contribution in [0.4, 0.5) is 5.69 Å². The molecule has 0 amide bonds. The van der Waals surface area contributed by atoms with Gasteiger partial charge in [-0.3, -0.25) is 4.72 Å². The van der Waals surface area contributed by atoms with E-state index in [-0.39, 0.29) is 5.75 Å². The molecule has 0 spiro atoms. The third kappa shape index (κ3) is 3.81. The minimum Gasteiger partial charge on any atom is -0.493 e. The topological polar surface area (TPSA) is 64.6 Å². The van der Waals surface area contributed by atoms with Crippen molar-refractivity contribution >= 4 is 15.7 Å². The van der Waals surface area contributed by atoms with Gasteiger partial charge in [-0.25, -0.2) is 8.42 Å². The molecule has 6 heteroatoms. The molecule has 5 nitrogen and oxygen atoms in total. The van der Waals surface area contributed by atoms with Crippen LogP contribution in [-0.2, 0) is 10.0 Å². The fourth-order valence-corrected chi connectivity index (χ4v) is 1.89. The van der Waals surface area contributed by atoms with E-state index in [1.807, 2.05) is 6.92 Å². The Kier molecular flexibility index (Phi) is 4.62. The molecule has 0 unspecified atom stereocenters. The molecule has 17 heavy (non-hydrogen) atoms. The van der Waals surface area contributed by atoms with Crippen LogP contribution in [-0.4, -0.2) is 27.9 Å². The second-order valence-electron chi connectivity index (χ2n) is 3.30. The summed E-state index contributed by atoms with van der Waals surface area (Å²) >= 11 is 0. The molecular weight excluding hydrogens is 242 g/mol. The number of hydrogen-bond acceptors (Lipinski definition) is 4. The maximum Gasteiger partial charge on any atom is 0.232 e. The molecular formula is C11H17NO4S. The first-order valence-corrected chi connectivity index (χ1v) is 6.99. The molecule has 0 saturated carbocycles. The zero-order chi connectivity index (χ0) is 12.9. The van der Waals surface area contributed by atoms with Crippen LogP contribution in [0.15, 0.2) is 18.2 Å². The smallest absolute Gasteiger partial charge is 0.232 e. The molecule has 0 aliphatic rings. The van der Waals surface area contributed by atoms with Gasteiger partial charge in [0.2, 0.25) is 10.0 Å². The van der Waals surface area contributed by atoms with Crippen LogP contribution >= 0.6 is 0 Å². The first-order chi connectivity index (χ1) is 8.02. The van der Waals surface area contributed by atoms with Gasteiger partial charge in [0.15, 0.2) is 11.5 Å². The van der Waals surface area contributed by atoms with E-state index in [9.17, 15) is 8.42 Å². The largest absolute Gasteiger partial charge is 0.493 e. The van der Waals surface area contributed by atoms with Crippen LogP contribution in [0.5, 0.6) is 11.5 Å². The predicted octanol–water partition coefficient (Wildman–Crippen LogP) is 1.86. The van der Waals surface area contributed by atoms with Crippen LogP contribution < -0.4 is 14.2 Å². The Labute approximate surface area is 102 Å². The highest BCUT2D eigenvalue weighted by Gasteiger charge is 2.10. The van der Waals surface area contributed by atoms with Crippen molar-refractivity contribution in [1.82, 2.24) is 0 Å². The minimum atomic E-state index is -3.27. The zero-order valence-electron chi connectivity index (χ0n) is 10.2. The number of rotatable bonds is 6. The Hall–Kier alpha value is -1.43. The molecule has 0 aliphatic carbocycles. The summed E-state index contributed by atoms with van der Waals surface area (Å²) in [5.41, 5.74) is 0.469. The molecule has 0 heterocycles. The highest BCUT2D eigenvalue weighted by atomic mass is 32.2. The second-order valence-corrected chi connectivity index (χ2v) is 5.32. The van der Waals surface area contributed by atoms with Gasteiger partial charge < -0.3 is 9.47 Å². The molecule has 0 atom stereocenters. The molecule has 0 bridgehead atoms. The van der Waals surface area contributed by atoms with Crippen LogP contribution in [0.25, 0.3) is 0 Å². The fourth-order valence-electron chi connectivity index (χ4n) is 1.26. The Morgan fingerprint density at radius 1 is 1.24 bits per heavy atom. The molecule has 0 radical (unpaired) electrons.